The molecule has 0 atom stereocenters. The van der Waals surface area contributed by atoms with Crippen molar-refractivity contribution in [2.24, 2.45) is 0 Å². The van der Waals surface area contributed by atoms with Gasteiger partial charge in [-0.15, -0.1) is 0 Å². The van der Waals surface area contributed by atoms with Crippen LogP contribution in [0.3, 0.4) is 0 Å². The fraction of sp³-hybridized carbons (Fsp3) is 0.308. The number of hydrogen-bond acceptors (Lipinski definition) is 6. The molecule has 0 spiro atoms. The second kappa shape index (κ2) is 10.6. The molecule has 8 nitrogen and oxygen atoms in total. The molecule has 0 unspecified atom stereocenters. The van der Waals surface area contributed by atoms with Gasteiger partial charge >= 0.3 is 5.97 Å². The monoisotopic (exact) mass is 496 g/mol. The van der Waals surface area contributed by atoms with E-state index in [1.54, 1.807) is 6.07 Å². The van der Waals surface area contributed by atoms with Crippen LogP contribution in [0.4, 0.5) is 0 Å². The molecule has 9 heteroatoms. The molecule has 0 aliphatic carbocycles. The minimum Gasteiger partial charge on any atom is -0.454 e. The molecule has 1 aliphatic heterocycles. The van der Waals surface area contributed by atoms with Crippen molar-refractivity contribution in [3.8, 4) is 0 Å². The molecule has 0 radical (unpaired) electrons. The van der Waals surface area contributed by atoms with Gasteiger partial charge in [0.1, 0.15) is 0 Å². The Balaban J connectivity index is 1.39. The Hall–Kier alpha value is -3.27. The topological polar surface area (TPSA) is 94.9 Å². The summed E-state index contributed by atoms with van der Waals surface area (Å²) in [7, 11) is -3.65. The van der Waals surface area contributed by atoms with Gasteiger partial charge in [-0.25, -0.2) is 13.2 Å². The molecule has 4 rings (SSSR count). The van der Waals surface area contributed by atoms with E-state index in [0.717, 1.165) is 17.0 Å². The SMILES string of the molecule is Cc1cc(C(=O)COC(=O)c2ccc(S(=O)(=O)N3CCOCC3)cc2)c(C)n1Cc1ccccc1. The van der Waals surface area contributed by atoms with Gasteiger partial charge in [0.15, 0.2) is 6.61 Å². The largest absolute Gasteiger partial charge is 0.454 e. The molecule has 35 heavy (non-hydrogen) atoms. The lowest BCUT2D eigenvalue weighted by atomic mass is 10.1. The molecule has 1 saturated heterocycles. The third-order valence-electron chi connectivity index (χ3n) is 6.09. The fourth-order valence-corrected chi connectivity index (χ4v) is 5.49. The van der Waals surface area contributed by atoms with Crippen LogP contribution in [0.25, 0.3) is 0 Å². The molecule has 3 aromatic rings. The quantitative estimate of drug-likeness (QED) is 0.351. The molecule has 184 valence electrons. The molecule has 0 N–H and O–H groups in total. The third kappa shape index (κ3) is 5.53. The first-order valence-corrected chi connectivity index (χ1v) is 12.8. The van der Waals surface area contributed by atoms with E-state index < -0.39 is 22.6 Å². The van der Waals surface area contributed by atoms with E-state index in [2.05, 4.69) is 4.57 Å². The Morgan fingerprint density at radius 1 is 0.971 bits per heavy atom. The molecule has 1 aromatic heterocycles. The summed E-state index contributed by atoms with van der Waals surface area (Å²) in [6.07, 6.45) is 0. The minimum absolute atomic E-state index is 0.0953. The predicted octanol–water partition coefficient (Wildman–Crippen LogP) is 3.21. The zero-order valence-electron chi connectivity index (χ0n) is 19.8. The van der Waals surface area contributed by atoms with Gasteiger partial charge in [-0.3, -0.25) is 4.79 Å². The van der Waals surface area contributed by atoms with Gasteiger partial charge in [0.05, 0.1) is 23.7 Å². The maximum atomic E-state index is 12.8. The highest BCUT2D eigenvalue weighted by Crippen LogP contribution is 2.20. The number of Topliss-reactive ketones (excluding diaryl/α,β-unsaturated/α-hetero) is 1. The predicted molar refractivity (Wildman–Crippen MR) is 130 cm³/mol. The summed E-state index contributed by atoms with van der Waals surface area (Å²) in [4.78, 5) is 25.4. The van der Waals surface area contributed by atoms with Gasteiger partial charge in [-0.2, -0.15) is 4.31 Å². The van der Waals surface area contributed by atoms with Gasteiger partial charge < -0.3 is 14.0 Å². The number of nitrogens with zero attached hydrogens (tertiary/aromatic N) is 2. The number of esters is 1. The Morgan fingerprint density at radius 2 is 1.63 bits per heavy atom. The Labute approximate surface area is 205 Å². The van der Waals surface area contributed by atoms with E-state index in [9.17, 15) is 18.0 Å². The minimum atomic E-state index is -3.65. The fourth-order valence-electron chi connectivity index (χ4n) is 4.08. The Bertz CT molecular complexity index is 1310. The first kappa shape index (κ1) is 24.8. The van der Waals surface area contributed by atoms with E-state index >= 15 is 0 Å². The van der Waals surface area contributed by atoms with E-state index in [4.69, 9.17) is 9.47 Å². The Morgan fingerprint density at radius 3 is 2.29 bits per heavy atom. The van der Waals surface area contributed by atoms with Gasteiger partial charge in [0, 0.05) is 36.6 Å². The van der Waals surface area contributed by atoms with Crippen LogP contribution < -0.4 is 0 Å². The number of carbonyl (C=O) groups is 2. The van der Waals surface area contributed by atoms with Crippen molar-refractivity contribution in [2.75, 3.05) is 32.9 Å². The van der Waals surface area contributed by atoms with Crippen LogP contribution in [0.5, 0.6) is 0 Å². The van der Waals surface area contributed by atoms with Crippen LogP contribution in [0.1, 0.15) is 37.7 Å². The highest BCUT2D eigenvalue weighted by Gasteiger charge is 2.26. The number of ketones is 1. The third-order valence-corrected chi connectivity index (χ3v) is 8.00. The molecule has 2 heterocycles. The van der Waals surface area contributed by atoms with E-state index in [0.29, 0.717) is 38.4 Å². The van der Waals surface area contributed by atoms with Gasteiger partial charge in [-0.05, 0) is 49.7 Å². The average molecular weight is 497 g/mol. The molecule has 1 aliphatic rings. The number of ether oxygens (including phenoxy) is 2. The molecule has 0 bridgehead atoms. The van der Waals surface area contributed by atoms with E-state index in [1.807, 2.05) is 44.2 Å². The van der Waals surface area contributed by atoms with Gasteiger partial charge in [-0.1, -0.05) is 30.3 Å². The number of benzene rings is 2. The summed E-state index contributed by atoms with van der Waals surface area (Å²) < 4.78 is 39.3. The van der Waals surface area contributed by atoms with Crippen LogP contribution >= 0.6 is 0 Å². The average Bonchev–Trinajstić information content (AvgIpc) is 3.16. The summed E-state index contributed by atoms with van der Waals surface area (Å²) in [5.74, 6) is -0.982. The molecule has 0 amide bonds. The molecular weight excluding hydrogens is 468 g/mol. The van der Waals surface area contributed by atoms with Gasteiger partial charge in [0.25, 0.3) is 0 Å². The molecule has 2 aromatic carbocycles. The van der Waals surface area contributed by atoms with Crippen LogP contribution in [-0.4, -0.2) is 62.0 Å². The maximum absolute atomic E-state index is 12.8. The van der Waals surface area contributed by atoms with Gasteiger partial charge in [0.2, 0.25) is 15.8 Å². The van der Waals surface area contributed by atoms with Crippen LogP contribution in [0, 0.1) is 13.8 Å². The molecule has 1 fully saturated rings. The summed E-state index contributed by atoms with van der Waals surface area (Å²) in [6.45, 7) is 5.34. The van der Waals surface area contributed by atoms with Crippen molar-refractivity contribution >= 4 is 21.8 Å². The molecular formula is C26H28N2O6S. The second-order valence-electron chi connectivity index (χ2n) is 8.40. The lowest BCUT2D eigenvalue weighted by Crippen LogP contribution is -2.40. The first-order valence-electron chi connectivity index (χ1n) is 11.4. The zero-order chi connectivity index (χ0) is 25.0. The smallest absolute Gasteiger partial charge is 0.338 e. The number of aromatic nitrogens is 1. The van der Waals surface area contributed by atoms with Crippen molar-refractivity contribution in [1.29, 1.82) is 0 Å². The summed E-state index contributed by atoms with van der Waals surface area (Å²) >= 11 is 0. The molecule has 0 saturated carbocycles. The summed E-state index contributed by atoms with van der Waals surface area (Å²) in [5.41, 5.74) is 3.56. The van der Waals surface area contributed by atoms with Crippen LogP contribution in [-0.2, 0) is 26.0 Å². The van der Waals surface area contributed by atoms with Crippen molar-refractivity contribution in [2.45, 2.75) is 25.3 Å². The Kier molecular flexibility index (Phi) is 7.49. The highest BCUT2D eigenvalue weighted by atomic mass is 32.2. The maximum Gasteiger partial charge on any atom is 0.338 e. The zero-order valence-corrected chi connectivity index (χ0v) is 20.6. The first-order chi connectivity index (χ1) is 16.8. The normalized spacial score (nSPS) is 14.6. The standard InChI is InChI=1S/C26H28N2O6S/c1-19-16-24(20(2)28(19)17-21-6-4-3-5-7-21)25(29)18-34-26(30)22-8-10-23(11-9-22)35(31,32)27-12-14-33-15-13-27/h3-11,16H,12-15,17-18H2,1-2H3. The number of aryl methyl sites for hydroxylation is 1. The lowest BCUT2D eigenvalue weighted by molar-refractivity contribution is 0.0474. The van der Waals surface area contributed by atoms with Crippen LogP contribution in [0.2, 0.25) is 0 Å². The summed E-state index contributed by atoms with van der Waals surface area (Å²) in [6, 6.07) is 17.3. The van der Waals surface area contributed by atoms with E-state index in [1.165, 1.54) is 28.6 Å². The number of rotatable bonds is 8. The number of carbonyl (C=O) groups excluding carboxylic acids is 2. The second-order valence-corrected chi connectivity index (χ2v) is 10.3. The number of hydrogen-bond donors (Lipinski definition) is 0. The lowest BCUT2D eigenvalue weighted by Gasteiger charge is -2.26. The van der Waals surface area contributed by atoms with Crippen molar-refractivity contribution in [1.82, 2.24) is 8.87 Å². The van der Waals surface area contributed by atoms with E-state index in [-0.39, 0.29) is 16.2 Å². The van der Waals surface area contributed by atoms with Crippen LogP contribution in [0.15, 0.2) is 65.6 Å². The van der Waals surface area contributed by atoms with Crippen molar-refractivity contribution < 1.29 is 27.5 Å². The van der Waals surface area contributed by atoms with Crippen molar-refractivity contribution in [3.63, 3.8) is 0 Å². The van der Waals surface area contributed by atoms with Crippen molar-refractivity contribution in [3.05, 3.63) is 88.7 Å². The highest BCUT2D eigenvalue weighted by molar-refractivity contribution is 7.89. The number of sulfonamides is 1. The number of morpholine rings is 1. The summed E-state index contributed by atoms with van der Waals surface area (Å²) in [5, 5.41) is 0.